The van der Waals surface area contributed by atoms with E-state index in [2.05, 4.69) is 31.5 Å². The van der Waals surface area contributed by atoms with Gasteiger partial charge in [0, 0.05) is 12.1 Å². The quantitative estimate of drug-likeness (QED) is 0.520. The number of hydrogen-bond donors (Lipinski definition) is 4. The van der Waals surface area contributed by atoms with Crippen LogP contribution in [0.25, 0.3) is 0 Å². The highest BCUT2D eigenvalue weighted by molar-refractivity contribution is 5.78. The molecule has 4 atom stereocenters. The lowest BCUT2D eigenvalue weighted by atomic mass is 9.96. The van der Waals surface area contributed by atoms with E-state index in [-0.39, 0.29) is 42.8 Å². The minimum Gasteiger partial charge on any atom is -0.480 e. The average Bonchev–Trinajstić information content (AvgIpc) is 3.31. The summed E-state index contributed by atoms with van der Waals surface area (Å²) in [4.78, 5) is 32.3. The molecule has 1 saturated carbocycles. The van der Waals surface area contributed by atoms with Crippen LogP contribution in [0.3, 0.4) is 0 Å². The van der Waals surface area contributed by atoms with Crippen LogP contribution in [0.2, 0.25) is 0 Å². The van der Waals surface area contributed by atoms with E-state index in [1.54, 1.807) is 0 Å². The van der Waals surface area contributed by atoms with Crippen LogP contribution in [0.15, 0.2) is 12.4 Å². The second-order valence-electron chi connectivity index (χ2n) is 7.88. The Kier molecular flexibility index (Phi) is 7.21. The third kappa shape index (κ3) is 6.26. The molecular formula is C19H30N6O4. The maximum atomic E-state index is 12.3. The fourth-order valence-electron chi connectivity index (χ4n) is 3.80. The number of nitrogens with one attached hydrogen (secondary N) is 4. The molecule has 0 radical (unpaired) electrons. The van der Waals surface area contributed by atoms with E-state index in [1.807, 2.05) is 13.8 Å². The van der Waals surface area contributed by atoms with Crippen molar-refractivity contribution in [3.8, 4) is 5.88 Å². The van der Waals surface area contributed by atoms with Crippen molar-refractivity contribution in [2.24, 2.45) is 5.92 Å². The molecule has 29 heavy (non-hydrogen) atoms. The number of alkyl carbamates (subject to hydrolysis) is 1. The predicted molar refractivity (Wildman–Crippen MR) is 105 cm³/mol. The maximum absolute atomic E-state index is 12.3. The van der Waals surface area contributed by atoms with Crippen LogP contribution in [-0.4, -0.2) is 53.4 Å². The van der Waals surface area contributed by atoms with Crippen LogP contribution in [-0.2, 0) is 16.0 Å². The van der Waals surface area contributed by atoms with Crippen molar-refractivity contribution in [2.75, 3.05) is 7.11 Å². The van der Waals surface area contributed by atoms with E-state index in [0.717, 1.165) is 25.7 Å². The predicted octanol–water partition coefficient (Wildman–Crippen LogP) is 0.640. The molecule has 10 heteroatoms. The number of hydrazine groups is 1. The molecule has 1 aliphatic carbocycles. The van der Waals surface area contributed by atoms with Crippen molar-refractivity contribution in [2.45, 2.75) is 70.3 Å². The average molecular weight is 406 g/mol. The van der Waals surface area contributed by atoms with E-state index in [4.69, 9.17) is 9.47 Å². The molecule has 2 aliphatic rings. The van der Waals surface area contributed by atoms with Gasteiger partial charge < -0.3 is 20.1 Å². The zero-order valence-corrected chi connectivity index (χ0v) is 17.1. The summed E-state index contributed by atoms with van der Waals surface area (Å²) in [5.74, 6) is 0.690. The van der Waals surface area contributed by atoms with E-state index < -0.39 is 0 Å². The minimum absolute atomic E-state index is 0.0529. The van der Waals surface area contributed by atoms with Crippen LogP contribution in [0.4, 0.5) is 4.79 Å². The van der Waals surface area contributed by atoms with E-state index in [0.29, 0.717) is 17.5 Å². The van der Waals surface area contributed by atoms with E-state index in [1.165, 1.54) is 19.5 Å². The standard InChI is InChI=1S/C19H30N6O4/c1-11(2)22-19(27)29-14-5-4-12(6-14)15-8-16(25-24-15)23-17(26)7-13-9-21-18(28-3)10-20-13/h9-12,14-16,24-25H,4-8H2,1-3H3,(H,22,27)(H,23,26)/t12-,14+,15?,16?/m0/s1. The number of carbonyl (C=O) groups excluding carboxylic acids is 2. The normalized spacial score (nSPS) is 26.3. The van der Waals surface area contributed by atoms with Crippen LogP contribution in [0.1, 0.15) is 45.2 Å². The molecule has 0 spiro atoms. The second-order valence-corrected chi connectivity index (χ2v) is 7.88. The molecule has 2 heterocycles. The molecule has 2 amide bonds. The van der Waals surface area contributed by atoms with Crippen molar-refractivity contribution < 1.29 is 19.1 Å². The Morgan fingerprint density at radius 3 is 2.72 bits per heavy atom. The summed E-state index contributed by atoms with van der Waals surface area (Å²) in [6, 6.07) is 0.288. The summed E-state index contributed by atoms with van der Waals surface area (Å²) in [6.07, 6.45) is 6.08. The van der Waals surface area contributed by atoms with Gasteiger partial charge in [-0.3, -0.25) is 15.2 Å². The van der Waals surface area contributed by atoms with Crippen molar-refractivity contribution >= 4 is 12.0 Å². The highest BCUT2D eigenvalue weighted by Gasteiger charge is 2.37. The lowest BCUT2D eigenvalue weighted by Gasteiger charge is -2.18. The van der Waals surface area contributed by atoms with Gasteiger partial charge in [-0.25, -0.2) is 15.2 Å². The third-order valence-electron chi connectivity index (χ3n) is 5.17. The largest absolute Gasteiger partial charge is 0.480 e. The number of hydrogen-bond acceptors (Lipinski definition) is 8. The number of methoxy groups -OCH3 is 1. The van der Waals surface area contributed by atoms with Crippen LogP contribution >= 0.6 is 0 Å². The van der Waals surface area contributed by atoms with Crippen molar-refractivity contribution in [3.63, 3.8) is 0 Å². The summed E-state index contributed by atoms with van der Waals surface area (Å²) in [7, 11) is 1.52. The minimum atomic E-state index is -0.352. The summed E-state index contributed by atoms with van der Waals surface area (Å²) < 4.78 is 10.5. The van der Waals surface area contributed by atoms with Gasteiger partial charge in [-0.2, -0.15) is 0 Å². The summed E-state index contributed by atoms with van der Waals surface area (Å²) in [5, 5.41) is 5.72. The Balaban J connectivity index is 1.39. The van der Waals surface area contributed by atoms with Gasteiger partial charge in [-0.15, -0.1) is 0 Å². The van der Waals surface area contributed by atoms with Crippen LogP contribution < -0.4 is 26.2 Å². The first-order valence-corrected chi connectivity index (χ1v) is 10.1. The fourth-order valence-corrected chi connectivity index (χ4v) is 3.80. The molecule has 2 unspecified atom stereocenters. The van der Waals surface area contributed by atoms with E-state index in [9.17, 15) is 9.59 Å². The smallest absolute Gasteiger partial charge is 0.407 e. The van der Waals surface area contributed by atoms with Crippen LogP contribution in [0.5, 0.6) is 5.88 Å². The first kappa shape index (κ1) is 21.3. The maximum Gasteiger partial charge on any atom is 0.407 e. The van der Waals surface area contributed by atoms with Crippen molar-refractivity contribution in [1.29, 1.82) is 0 Å². The first-order valence-electron chi connectivity index (χ1n) is 10.1. The van der Waals surface area contributed by atoms with Gasteiger partial charge in [-0.05, 0) is 45.4 Å². The topological polar surface area (TPSA) is 127 Å². The van der Waals surface area contributed by atoms with Gasteiger partial charge >= 0.3 is 6.09 Å². The second kappa shape index (κ2) is 9.84. The summed E-state index contributed by atoms with van der Waals surface area (Å²) in [5.41, 5.74) is 7.00. The molecule has 4 N–H and O–H groups in total. The van der Waals surface area contributed by atoms with Gasteiger partial charge in [0.25, 0.3) is 0 Å². The Morgan fingerprint density at radius 2 is 2.03 bits per heavy atom. The monoisotopic (exact) mass is 406 g/mol. The van der Waals surface area contributed by atoms with Crippen molar-refractivity contribution in [3.05, 3.63) is 18.1 Å². The molecule has 1 aromatic heterocycles. The first-order chi connectivity index (χ1) is 13.9. The van der Waals surface area contributed by atoms with Crippen molar-refractivity contribution in [1.82, 2.24) is 31.5 Å². The van der Waals surface area contributed by atoms with Gasteiger partial charge in [0.2, 0.25) is 11.8 Å². The summed E-state index contributed by atoms with van der Waals surface area (Å²) >= 11 is 0. The molecule has 2 fully saturated rings. The number of ether oxygens (including phenoxy) is 2. The summed E-state index contributed by atoms with van der Waals surface area (Å²) in [6.45, 7) is 3.81. The Bertz CT molecular complexity index is 698. The van der Waals surface area contributed by atoms with E-state index >= 15 is 0 Å². The number of carbonyl (C=O) groups is 2. The molecule has 3 rings (SSSR count). The molecule has 0 aromatic carbocycles. The number of rotatable bonds is 7. The number of aromatic nitrogens is 2. The lowest BCUT2D eigenvalue weighted by molar-refractivity contribution is -0.121. The molecule has 1 aliphatic heterocycles. The molecule has 1 aromatic rings. The van der Waals surface area contributed by atoms with Crippen LogP contribution in [0, 0.1) is 5.92 Å². The molecule has 1 saturated heterocycles. The number of amides is 2. The van der Waals surface area contributed by atoms with Gasteiger partial charge in [-0.1, -0.05) is 0 Å². The highest BCUT2D eigenvalue weighted by Crippen LogP contribution is 2.32. The van der Waals surface area contributed by atoms with Gasteiger partial charge in [0.1, 0.15) is 6.10 Å². The zero-order valence-electron chi connectivity index (χ0n) is 17.1. The molecule has 160 valence electrons. The molecule has 0 bridgehead atoms. The number of nitrogens with zero attached hydrogens (tertiary/aromatic N) is 2. The van der Waals surface area contributed by atoms with Gasteiger partial charge in [0.05, 0.1) is 37.8 Å². The van der Waals surface area contributed by atoms with Gasteiger partial charge in [0.15, 0.2) is 0 Å². The molecular weight excluding hydrogens is 376 g/mol. The highest BCUT2D eigenvalue weighted by atomic mass is 16.6. The molecule has 10 nitrogen and oxygen atoms in total. The lowest BCUT2D eigenvalue weighted by Crippen LogP contribution is -2.45. The zero-order chi connectivity index (χ0) is 20.8. The Labute approximate surface area is 170 Å². The third-order valence-corrected chi connectivity index (χ3v) is 5.17. The Morgan fingerprint density at radius 1 is 1.21 bits per heavy atom. The Hall–Kier alpha value is -2.46. The fraction of sp³-hybridized carbons (Fsp3) is 0.684. The SMILES string of the molecule is COc1cnc(CC(=O)NC2CC([C@H]3CC[C@@H](OC(=O)NC(C)C)C3)NN2)cn1.